The third kappa shape index (κ3) is 3.44. The zero-order chi connectivity index (χ0) is 12.3. The van der Waals surface area contributed by atoms with Crippen molar-refractivity contribution in [3.05, 3.63) is 34.9 Å². The van der Waals surface area contributed by atoms with Gasteiger partial charge in [0.2, 0.25) is 0 Å². The van der Waals surface area contributed by atoms with Gasteiger partial charge in [-0.05, 0) is 37.5 Å². The molecule has 2 unspecified atom stereocenters. The molecule has 1 aliphatic carbocycles. The Morgan fingerprint density at radius 2 is 1.82 bits per heavy atom. The normalized spacial score (nSPS) is 20.4. The first-order valence-electron chi connectivity index (χ1n) is 6.33. The molecule has 0 amide bonds. The molecule has 1 fully saturated rings. The third-order valence-electron chi connectivity index (χ3n) is 3.32. The number of ether oxygens (including phenoxy) is 1. The summed E-state index contributed by atoms with van der Waals surface area (Å²) in [6, 6.07) is 7.79. The van der Waals surface area contributed by atoms with Crippen molar-refractivity contribution in [1.82, 2.24) is 0 Å². The molecular weight excluding hydrogens is 234 g/mol. The van der Waals surface area contributed by atoms with Crippen LogP contribution in [0.2, 0.25) is 5.02 Å². The Morgan fingerprint density at radius 1 is 1.24 bits per heavy atom. The van der Waals surface area contributed by atoms with E-state index < -0.39 is 0 Å². The fourth-order valence-corrected chi connectivity index (χ4v) is 2.52. The van der Waals surface area contributed by atoms with E-state index in [1.807, 2.05) is 31.2 Å². The average Bonchev–Trinajstić information content (AvgIpc) is 2.80. The van der Waals surface area contributed by atoms with E-state index in [1.165, 1.54) is 12.8 Å². The van der Waals surface area contributed by atoms with Crippen LogP contribution in [-0.4, -0.2) is 12.1 Å². The van der Waals surface area contributed by atoms with Crippen LogP contribution in [0, 0.1) is 0 Å². The van der Waals surface area contributed by atoms with Crippen molar-refractivity contribution in [2.45, 2.75) is 50.9 Å². The first-order valence-corrected chi connectivity index (χ1v) is 6.71. The molecule has 1 saturated carbocycles. The fourth-order valence-electron chi connectivity index (χ4n) is 2.39. The van der Waals surface area contributed by atoms with E-state index in [2.05, 4.69) is 0 Å². The van der Waals surface area contributed by atoms with Crippen LogP contribution < -0.4 is 5.73 Å². The van der Waals surface area contributed by atoms with Crippen LogP contribution in [0.3, 0.4) is 0 Å². The van der Waals surface area contributed by atoms with Gasteiger partial charge in [0.1, 0.15) is 0 Å². The van der Waals surface area contributed by atoms with Gasteiger partial charge < -0.3 is 10.5 Å². The highest BCUT2D eigenvalue weighted by Gasteiger charge is 2.24. The summed E-state index contributed by atoms with van der Waals surface area (Å²) in [7, 11) is 0. The first kappa shape index (κ1) is 12.9. The van der Waals surface area contributed by atoms with Gasteiger partial charge in [-0.1, -0.05) is 36.6 Å². The maximum absolute atomic E-state index is 6.13. The van der Waals surface area contributed by atoms with Crippen LogP contribution in [0.15, 0.2) is 24.3 Å². The largest absolute Gasteiger partial charge is 0.369 e. The third-order valence-corrected chi connectivity index (χ3v) is 3.57. The standard InChI is InChI=1S/C14H20ClNO/c1-10(16)14(17-13-4-2-3-5-13)11-6-8-12(15)9-7-11/h6-10,13-14H,2-5,16H2,1H3. The summed E-state index contributed by atoms with van der Waals surface area (Å²) in [5.74, 6) is 0. The molecule has 1 aromatic carbocycles. The molecule has 0 radical (unpaired) electrons. The summed E-state index contributed by atoms with van der Waals surface area (Å²) >= 11 is 5.89. The second kappa shape index (κ2) is 5.85. The Labute approximate surface area is 108 Å². The maximum atomic E-state index is 6.13. The molecular formula is C14H20ClNO. The van der Waals surface area contributed by atoms with Crippen LogP contribution in [0.1, 0.15) is 44.3 Å². The molecule has 2 atom stereocenters. The molecule has 2 rings (SSSR count). The minimum atomic E-state index is -0.0182. The van der Waals surface area contributed by atoms with Gasteiger partial charge in [0, 0.05) is 11.1 Å². The van der Waals surface area contributed by atoms with Crippen LogP contribution in [0.25, 0.3) is 0 Å². The van der Waals surface area contributed by atoms with Crippen molar-refractivity contribution in [1.29, 1.82) is 0 Å². The molecule has 0 aromatic heterocycles. The van der Waals surface area contributed by atoms with Gasteiger partial charge in [0.15, 0.2) is 0 Å². The minimum absolute atomic E-state index is 0.00299. The number of nitrogens with two attached hydrogens (primary N) is 1. The Kier molecular flexibility index (Phi) is 4.43. The fraction of sp³-hybridized carbons (Fsp3) is 0.571. The lowest BCUT2D eigenvalue weighted by Gasteiger charge is -2.25. The predicted octanol–water partition coefficient (Wildman–Crippen LogP) is 3.69. The Balaban J connectivity index is 2.08. The SMILES string of the molecule is CC(N)C(OC1CCCC1)c1ccc(Cl)cc1. The topological polar surface area (TPSA) is 35.2 Å². The van der Waals surface area contributed by atoms with Crippen molar-refractivity contribution >= 4 is 11.6 Å². The zero-order valence-electron chi connectivity index (χ0n) is 10.2. The smallest absolute Gasteiger partial charge is 0.0976 e. The van der Waals surface area contributed by atoms with Gasteiger partial charge in [0.05, 0.1) is 12.2 Å². The number of rotatable bonds is 4. The Hall–Kier alpha value is -0.570. The summed E-state index contributed by atoms with van der Waals surface area (Å²) in [6.07, 6.45) is 5.23. The number of benzene rings is 1. The van der Waals surface area contributed by atoms with E-state index in [9.17, 15) is 0 Å². The monoisotopic (exact) mass is 253 g/mol. The van der Waals surface area contributed by atoms with E-state index in [0.717, 1.165) is 23.4 Å². The summed E-state index contributed by atoms with van der Waals surface area (Å²) in [5.41, 5.74) is 7.15. The van der Waals surface area contributed by atoms with E-state index in [0.29, 0.717) is 6.10 Å². The van der Waals surface area contributed by atoms with Crippen molar-refractivity contribution in [3.63, 3.8) is 0 Å². The summed E-state index contributed by atoms with van der Waals surface area (Å²) < 4.78 is 6.13. The van der Waals surface area contributed by atoms with Crippen molar-refractivity contribution < 1.29 is 4.74 Å². The van der Waals surface area contributed by atoms with E-state index in [-0.39, 0.29) is 12.1 Å². The Morgan fingerprint density at radius 3 is 2.35 bits per heavy atom. The number of hydrogen-bond acceptors (Lipinski definition) is 2. The molecule has 2 nitrogen and oxygen atoms in total. The molecule has 94 valence electrons. The molecule has 1 aliphatic rings. The molecule has 0 bridgehead atoms. The summed E-state index contributed by atoms with van der Waals surface area (Å²) in [6.45, 7) is 1.99. The maximum Gasteiger partial charge on any atom is 0.0976 e. The molecule has 17 heavy (non-hydrogen) atoms. The second-order valence-corrected chi connectivity index (χ2v) is 5.31. The molecule has 2 N–H and O–H groups in total. The van der Waals surface area contributed by atoms with Crippen LogP contribution >= 0.6 is 11.6 Å². The van der Waals surface area contributed by atoms with E-state index >= 15 is 0 Å². The van der Waals surface area contributed by atoms with Crippen LogP contribution in [0.4, 0.5) is 0 Å². The van der Waals surface area contributed by atoms with Crippen molar-refractivity contribution in [2.75, 3.05) is 0 Å². The molecule has 0 aliphatic heterocycles. The lowest BCUT2D eigenvalue weighted by Crippen LogP contribution is -2.29. The highest BCUT2D eigenvalue weighted by Crippen LogP contribution is 2.29. The van der Waals surface area contributed by atoms with Crippen LogP contribution in [0.5, 0.6) is 0 Å². The quantitative estimate of drug-likeness (QED) is 0.888. The molecule has 3 heteroatoms. The summed E-state index contributed by atoms with van der Waals surface area (Å²) in [5, 5.41) is 0.748. The lowest BCUT2D eigenvalue weighted by atomic mass is 10.0. The van der Waals surface area contributed by atoms with Gasteiger partial charge in [-0.2, -0.15) is 0 Å². The number of halogens is 1. The van der Waals surface area contributed by atoms with Crippen molar-refractivity contribution in [2.24, 2.45) is 5.73 Å². The molecule has 0 heterocycles. The van der Waals surface area contributed by atoms with Crippen LogP contribution in [-0.2, 0) is 4.74 Å². The summed E-state index contributed by atoms with van der Waals surface area (Å²) in [4.78, 5) is 0. The van der Waals surface area contributed by atoms with E-state index in [1.54, 1.807) is 0 Å². The predicted molar refractivity (Wildman–Crippen MR) is 71.2 cm³/mol. The van der Waals surface area contributed by atoms with Crippen molar-refractivity contribution in [3.8, 4) is 0 Å². The Bertz CT molecular complexity index is 344. The second-order valence-electron chi connectivity index (χ2n) is 4.87. The van der Waals surface area contributed by atoms with Gasteiger partial charge in [-0.3, -0.25) is 0 Å². The van der Waals surface area contributed by atoms with Gasteiger partial charge >= 0.3 is 0 Å². The first-order chi connectivity index (χ1) is 8.16. The zero-order valence-corrected chi connectivity index (χ0v) is 11.0. The number of hydrogen-bond donors (Lipinski definition) is 1. The minimum Gasteiger partial charge on any atom is -0.369 e. The van der Waals surface area contributed by atoms with Gasteiger partial charge in [0.25, 0.3) is 0 Å². The van der Waals surface area contributed by atoms with Gasteiger partial charge in [-0.15, -0.1) is 0 Å². The average molecular weight is 254 g/mol. The van der Waals surface area contributed by atoms with E-state index in [4.69, 9.17) is 22.1 Å². The van der Waals surface area contributed by atoms with Gasteiger partial charge in [-0.25, -0.2) is 0 Å². The molecule has 1 aromatic rings. The molecule has 0 spiro atoms. The molecule has 0 saturated heterocycles. The lowest BCUT2D eigenvalue weighted by molar-refractivity contribution is -0.0201. The highest BCUT2D eigenvalue weighted by molar-refractivity contribution is 6.30. The highest BCUT2D eigenvalue weighted by atomic mass is 35.5.